The number of benzene rings is 1. The summed E-state index contributed by atoms with van der Waals surface area (Å²) in [5.41, 5.74) is 1.42. The van der Waals surface area contributed by atoms with Crippen LogP contribution in [0, 0.1) is 0 Å². The summed E-state index contributed by atoms with van der Waals surface area (Å²) in [5, 5.41) is 5.80. The Morgan fingerprint density at radius 3 is 2.40 bits per heavy atom. The van der Waals surface area contributed by atoms with Crippen molar-refractivity contribution in [3.63, 3.8) is 0 Å². The summed E-state index contributed by atoms with van der Waals surface area (Å²) in [7, 11) is 4.35. The topological polar surface area (TPSA) is 15.3 Å². The van der Waals surface area contributed by atoms with Crippen LogP contribution in [0.3, 0.4) is 0 Å². The van der Waals surface area contributed by atoms with Crippen LogP contribution in [0.5, 0.6) is 0 Å². The molecule has 20 heavy (non-hydrogen) atoms. The van der Waals surface area contributed by atoms with Crippen LogP contribution in [0.1, 0.15) is 23.8 Å². The fraction of sp³-hybridized carbons (Fsp3) is 0.412. The maximum atomic E-state index is 3.63. The fourth-order valence-corrected chi connectivity index (χ4v) is 3.71. The van der Waals surface area contributed by atoms with E-state index in [0.29, 0.717) is 0 Å². The monoisotopic (exact) mass is 288 g/mol. The molecular weight excluding hydrogens is 264 g/mol. The van der Waals surface area contributed by atoms with Crippen LogP contribution in [0.2, 0.25) is 0 Å². The van der Waals surface area contributed by atoms with Crippen molar-refractivity contribution in [1.82, 2.24) is 10.2 Å². The highest BCUT2D eigenvalue weighted by Crippen LogP contribution is 2.33. The molecule has 2 nitrogen and oxygen atoms in total. The number of hydrogen-bond donors (Lipinski definition) is 1. The molecule has 0 aliphatic heterocycles. The van der Waals surface area contributed by atoms with Gasteiger partial charge in [-0.05, 0) is 37.5 Å². The maximum Gasteiger partial charge on any atom is 0.0672 e. The number of nitrogens with one attached hydrogen (secondary N) is 1. The summed E-state index contributed by atoms with van der Waals surface area (Å²) in [6.45, 7) is 4.15. The molecule has 0 aliphatic rings. The van der Waals surface area contributed by atoms with E-state index in [2.05, 4.69) is 79.1 Å². The van der Waals surface area contributed by atoms with Gasteiger partial charge in [0, 0.05) is 18.0 Å². The zero-order chi connectivity index (χ0) is 14.4. The van der Waals surface area contributed by atoms with Crippen molar-refractivity contribution in [2.45, 2.75) is 25.4 Å². The quantitative estimate of drug-likeness (QED) is 0.835. The molecule has 0 saturated heterocycles. The molecule has 0 bridgehead atoms. The van der Waals surface area contributed by atoms with Crippen LogP contribution in [-0.4, -0.2) is 25.5 Å². The number of likely N-dealkylation sites (N-methyl/N-ethyl adjacent to an activating group) is 1. The number of thiophene rings is 1. The standard InChI is InChI=1S/C17H24N2S/c1-4-17(19(2)3,16-11-8-12-20-16)14-18-13-15-9-6-5-7-10-15/h5-12,18H,4,13-14H2,1-3H3. The lowest BCUT2D eigenvalue weighted by Gasteiger charge is -2.39. The minimum absolute atomic E-state index is 0.0863. The molecule has 3 heteroatoms. The van der Waals surface area contributed by atoms with E-state index in [9.17, 15) is 0 Å². The van der Waals surface area contributed by atoms with Crippen molar-refractivity contribution in [2.24, 2.45) is 0 Å². The first-order chi connectivity index (χ1) is 9.69. The maximum absolute atomic E-state index is 3.63. The summed E-state index contributed by atoms with van der Waals surface area (Å²) in [6.07, 6.45) is 1.10. The fourth-order valence-electron chi connectivity index (χ4n) is 2.63. The Morgan fingerprint density at radius 1 is 1.10 bits per heavy atom. The molecule has 0 aliphatic carbocycles. The van der Waals surface area contributed by atoms with E-state index >= 15 is 0 Å². The predicted octanol–water partition coefficient (Wildman–Crippen LogP) is 3.70. The summed E-state index contributed by atoms with van der Waals surface area (Å²) in [6, 6.07) is 15.0. The van der Waals surface area contributed by atoms with E-state index in [4.69, 9.17) is 0 Å². The van der Waals surface area contributed by atoms with E-state index in [1.54, 1.807) is 0 Å². The Labute approximate surface area is 126 Å². The van der Waals surface area contributed by atoms with Crippen LogP contribution < -0.4 is 5.32 Å². The smallest absolute Gasteiger partial charge is 0.0672 e. The Hall–Kier alpha value is -1.16. The van der Waals surface area contributed by atoms with E-state index in [1.807, 2.05) is 11.3 Å². The molecule has 1 aromatic heterocycles. The first-order valence-electron chi connectivity index (χ1n) is 7.15. The molecule has 1 N–H and O–H groups in total. The molecule has 2 rings (SSSR count). The van der Waals surface area contributed by atoms with Crippen molar-refractivity contribution in [3.05, 3.63) is 58.3 Å². The molecular formula is C17H24N2S. The second kappa shape index (κ2) is 7.02. The summed E-state index contributed by atoms with van der Waals surface area (Å²) < 4.78 is 0. The van der Waals surface area contributed by atoms with Crippen molar-refractivity contribution in [2.75, 3.05) is 20.6 Å². The molecule has 0 spiro atoms. The highest BCUT2D eigenvalue weighted by Gasteiger charge is 2.33. The van der Waals surface area contributed by atoms with Crippen molar-refractivity contribution >= 4 is 11.3 Å². The average Bonchev–Trinajstić information content (AvgIpc) is 2.99. The Balaban J connectivity index is 2.06. The number of rotatable bonds is 7. The Bertz CT molecular complexity index is 493. The average molecular weight is 288 g/mol. The van der Waals surface area contributed by atoms with E-state index in [1.165, 1.54) is 10.4 Å². The van der Waals surface area contributed by atoms with E-state index < -0.39 is 0 Å². The molecule has 2 aromatic rings. The lowest BCUT2D eigenvalue weighted by atomic mass is 9.92. The van der Waals surface area contributed by atoms with Gasteiger partial charge in [0.25, 0.3) is 0 Å². The number of nitrogens with zero attached hydrogens (tertiary/aromatic N) is 1. The summed E-state index contributed by atoms with van der Waals surface area (Å²) in [4.78, 5) is 3.78. The summed E-state index contributed by atoms with van der Waals surface area (Å²) >= 11 is 1.85. The normalized spacial score (nSPS) is 14.4. The van der Waals surface area contributed by atoms with Gasteiger partial charge in [0.15, 0.2) is 0 Å². The van der Waals surface area contributed by atoms with Crippen molar-refractivity contribution in [3.8, 4) is 0 Å². The molecule has 1 heterocycles. The van der Waals surface area contributed by atoms with Gasteiger partial charge in [0.05, 0.1) is 5.54 Å². The van der Waals surface area contributed by atoms with Crippen molar-refractivity contribution in [1.29, 1.82) is 0 Å². The van der Waals surface area contributed by atoms with Gasteiger partial charge in [-0.1, -0.05) is 43.3 Å². The third-order valence-electron chi connectivity index (χ3n) is 4.01. The highest BCUT2D eigenvalue weighted by molar-refractivity contribution is 7.10. The zero-order valence-electron chi connectivity index (χ0n) is 12.6. The molecule has 108 valence electrons. The summed E-state index contributed by atoms with van der Waals surface area (Å²) in [5.74, 6) is 0. The van der Waals surface area contributed by atoms with Gasteiger partial charge in [0.1, 0.15) is 0 Å². The third kappa shape index (κ3) is 3.29. The van der Waals surface area contributed by atoms with Crippen LogP contribution >= 0.6 is 11.3 Å². The highest BCUT2D eigenvalue weighted by atomic mass is 32.1. The van der Waals surface area contributed by atoms with Crippen LogP contribution in [0.25, 0.3) is 0 Å². The predicted molar refractivity (Wildman–Crippen MR) is 88.1 cm³/mol. The third-order valence-corrected chi connectivity index (χ3v) is 5.07. The number of hydrogen-bond acceptors (Lipinski definition) is 3. The SMILES string of the molecule is CCC(CNCc1ccccc1)(c1cccs1)N(C)C. The molecule has 1 atom stereocenters. The molecule has 1 unspecified atom stereocenters. The first-order valence-corrected chi connectivity index (χ1v) is 8.03. The first kappa shape index (κ1) is 15.2. The Morgan fingerprint density at radius 2 is 1.85 bits per heavy atom. The largest absolute Gasteiger partial charge is 0.310 e. The molecule has 0 radical (unpaired) electrons. The van der Waals surface area contributed by atoms with Gasteiger partial charge in [-0.3, -0.25) is 4.90 Å². The van der Waals surface area contributed by atoms with E-state index in [-0.39, 0.29) is 5.54 Å². The minimum Gasteiger partial charge on any atom is -0.310 e. The Kier molecular flexibility index (Phi) is 5.35. The van der Waals surface area contributed by atoms with Gasteiger partial charge in [-0.25, -0.2) is 0 Å². The minimum atomic E-state index is 0.0863. The van der Waals surface area contributed by atoms with Crippen LogP contribution in [0.15, 0.2) is 47.8 Å². The van der Waals surface area contributed by atoms with Gasteiger partial charge in [0.2, 0.25) is 0 Å². The van der Waals surface area contributed by atoms with Crippen LogP contribution in [0.4, 0.5) is 0 Å². The second-order valence-electron chi connectivity index (χ2n) is 5.35. The lowest BCUT2D eigenvalue weighted by Crippen LogP contribution is -2.48. The molecule has 0 fully saturated rings. The molecule has 1 aromatic carbocycles. The lowest BCUT2D eigenvalue weighted by molar-refractivity contribution is 0.145. The van der Waals surface area contributed by atoms with E-state index in [0.717, 1.165) is 19.5 Å². The van der Waals surface area contributed by atoms with Gasteiger partial charge >= 0.3 is 0 Å². The van der Waals surface area contributed by atoms with Gasteiger partial charge in [-0.2, -0.15) is 0 Å². The molecule has 0 amide bonds. The zero-order valence-corrected chi connectivity index (χ0v) is 13.4. The van der Waals surface area contributed by atoms with Crippen molar-refractivity contribution < 1.29 is 0 Å². The second-order valence-corrected chi connectivity index (χ2v) is 6.29. The molecule has 0 saturated carbocycles. The van der Waals surface area contributed by atoms with Gasteiger partial charge < -0.3 is 5.32 Å². The van der Waals surface area contributed by atoms with Crippen LogP contribution in [-0.2, 0) is 12.1 Å². The van der Waals surface area contributed by atoms with Gasteiger partial charge in [-0.15, -0.1) is 11.3 Å².